The molecular formula is C38H50N10O24S2. The third-order valence-electron chi connectivity index (χ3n) is 9.08. The van der Waals surface area contributed by atoms with E-state index in [-0.39, 0.29) is 94.9 Å². The van der Waals surface area contributed by atoms with Crippen molar-refractivity contribution in [1.29, 1.82) is 0 Å². The van der Waals surface area contributed by atoms with Crippen molar-refractivity contribution >= 4 is 116 Å². The first-order valence-electron chi connectivity index (χ1n) is 20.8. The molecule has 0 aromatic carbocycles. The number of rotatable bonds is 0. The minimum atomic E-state index is -3.13. The number of hydrogen-bond acceptors (Lipinski definition) is 25. The molecule has 8 saturated heterocycles. The largest absolute Gasteiger partial charge is 0.454 e. The Morgan fingerprint density at radius 1 is 0.622 bits per heavy atom. The van der Waals surface area contributed by atoms with E-state index in [1.165, 1.54) is 39.9 Å². The number of aromatic nitrogens is 2. The minimum absolute atomic E-state index is 0.00463. The second kappa shape index (κ2) is 28.6. The summed E-state index contributed by atoms with van der Waals surface area (Å²) in [5.41, 5.74) is -0.532. The van der Waals surface area contributed by atoms with E-state index in [0.29, 0.717) is 6.54 Å². The van der Waals surface area contributed by atoms with Gasteiger partial charge in [-0.25, -0.2) is 37.4 Å². The molecule has 12 amide bonds. The molecule has 0 bridgehead atoms. The number of hydroxylamine groups is 2. The zero-order valence-corrected chi connectivity index (χ0v) is 42.2. The van der Waals surface area contributed by atoms with Gasteiger partial charge in [0.1, 0.15) is 24.0 Å². The van der Waals surface area contributed by atoms with Crippen LogP contribution in [0.1, 0.15) is 60.3 Å². The number of aromatic amines is 1. The number of likely N-dealkylation sites (tertiary alicyclic amines) is 1. The fourth-order valence-corrected chi connectivity index (χ4v) is 6.51. The zero-order chi connectivity index (χ0) is 57.1. The number of alkyl carbamates (subject to hydrolysis) is 1. The van der Waals surface area contributed by atoms with E-state index in [4.69, 9.17) is 0 Å². The Labute approximate surface area is 420 Å². The minimum Gasteiger partial charge on any atom is -0.454 e. The molecule has 8 aliphatic heterocycles. The van der Waals surface area contributed by atoms with E-state index in [1.54, 1.807) is 27.8 Å². The van der Waals surface area contributed by atoms with Crippen molar-refractivity contribution in [2.24, 2.45) is 7.05 Å². The van der Waals surface area contributed by atoms with Crippen molar-refractivity contribution in [2.75, 3.05) is 33.4 Å². The van der Waals surface area contributed by atoms with E-state index >= 15 is 0 Å². The smallest absolute Gasteiger partial charge is 0.440 e. The number of esters is 1. The maximum absolute atomic E-state index is 10.7. The molecule has 1 aromatic heterocycles. The van der Waals surface area contributed by atoms with Crippen molar-refractivity contribution in [3.05, 3.63) is 21.0 Å². The average molecular weight is 1090 g/mol. The predicted octanol–water partition coefficient (Wildman–Crippen LogP) is -5.68. The monoisotopic (exact) mass is 1090 g/mol. The van der Waals surface area contributed by atoms with Crippen LogP contribution in [0.25, 0.3) is 0 Å². The lowest BCUT2D eigenvalue weighted by atomic mass is 10.2. The molecule has 9 rings (SSSR count). The van der Waals surface area contributed by atoms with Crippen molar-refractivity contribution in [1.82, 2.24) is 51.2 Å². The normalized spacial score (nSPS) is 23.7. The van der Waals surface area contributed by atoms with Gasteiger partial charge in [-0.3, -0.25) is 83.2 Å². The number of amides is 12. The number of Topliss-reactive ketones (excluding diaryl/α,β-unsaturated/α-hetero) is 3. The number of likely N-dealkylation sites (N-methyl/N-ethyl adjacent to an activating group) is 2. The molecule has 408 valence electrons. The summed E-state index contributed by atoms with van der Waals surface area (Å²) in [6.45, 7) is 8.24. The van der Waals surface area contributed by atoms with Gasteiger partial charge < -0.3 is 34.4 Å². The van der Waals surface area contributed by atoms with E-state index in [2.05, 4.69) is 34.8 Å². The number of urea groups is 1. The standard InChI is InChI=1S/2C5H7NO2.C5H6O3.C4H4N2O3.C4H7NO3S.2C4H5NO3.C4H5NO2S.C3H4N2O3/c1-6-3-4(7)2-5(6)8;1-3-4(7)2-5(8)6-3;1-3-4(6)2-5(7)8-3;1-6-3(8)2(7)5-4(6)9;1-3-5-4(6)2-9(3,7)8;1-5-3(6)2-4(7)8-5;2*1-2-3(6)5-4(7)8-2;1-5-2(6)4-3(7)8-5/h2-3H2,1H3;3H,2H2,1H3,(H,6,8);3H,2H2,1H3;1H3,(H,5,7,9);3H,2H2,1H3,(H,5,6);2H2,1H3;2*2H,1H3,(H,5,6,7);1H3,(H,4,6,7). The summed E-state index contributed by atoms with van der Waals surface area (Å²) >= 11 is 1.03. The number of carbonyl (C=O) groups excluding carboxylic acids is 16. The van der Waals surface area contributed by atoms with Crippen LogP contribution in [0.4, 0.5) is 14.4 Å². The number of hydrogen-bond donors (Lipinski definition) is 6. The number of aryl methyl sites for hydroxylation is 1. The highest BCUT2D eigenvalue weighted by Gasteiger charge is 2.34. The van der Waals surface area contributed by atoms with Crippen LogP contribution in [0.2, 0.25) is 0 Å². The van der Waals surface area contributed by atoms with Crippen LogP contribution < -0.4 is 38.0 Å². The van der Waals surface area contributed by atoms with Crippen molar-refractivity contribution in [3.8, 4) is 0 Å². The number of ether oxygens (including phenoxy) is 2. The number of carbonyl (C=O) groups is 16. The molecule has 1 aromatic rings. The van der Waals surface area contributed by atoms with Gasteiger partial charge >= 0.3 is 47.3 Å². The summed E-state index contributed by atoms with van der Waals surface area (Å²) in [4.78, 5) is 194. The summed E-state index contributed by atoms with van der Waals surface area (Å²) in [6, 6.07) is -0.910. The molecule has 34 nitrogen and oxygen atoms in total. The molecular weight excluding hydrogens is 1040 g/mol. The third kappa shape index (κ3) is 21.9. The van der Waals surface area contributed by atoms with Gasteiger partial charge in [0.05, 0.1) is 37.7 Å². The molecule has 5 atom stereocenters. The van der Waals surface area contributed by atoms with E-state index in [0.717, 1.165) is 26.5 Å². The van der Waals surface area contributed by atoms with Gasteiger partial charge in [-0.05, 0) is 34.6 Å². The lowest BCUT2D eigenvalue weighted by Crippen LogP contribution is -2.25. The summed E-state index contributed by atoms with van der Waals surface area (Å²) < 4.78 is 35.3. The highest BCUT2D eigenvalue weighted by molar-refractivity contribution is 8.15. The maximum Gasteiger partial charge on any atom is 0.440 e. The Morgan fingerprint density at radius 2 is 1.23 bits per heavy atom. The van der Waals surface area contributed by atoms with Crippen molar-refractivity contribution < 1.29 is 104 Å². The van der Waals surface area contributed by atoms with Crippen molar-refractivity contribution in [3.63, 3.8) is 0 Å². The number of imide groups is 4. The number of H-pyrrole nitrogens is 1. The van der Waals surface area contributed by atoms with Crippen LogP contribution in [0.15, 0.2) is 14.1 Å². The van der Waals surface area contributed by atoms with Gasteiger partial charge in [-0.1, -0.05) is 11.8 Å². The van der Waals surface area contributed by atoms with Crippen LogP contribution in [0.5, 0.6) is 0 Å². The van der Waals surface area contributed by atoms with Gasteiger partial charge in [-0.2, -0.15) is 9.80 Å². The Morgan fingerprint density at radius 3 is 1.35 bits per heavy atom. The molecule has 36 heteroatoms. The molecule has 8 aliphatic rings. The molecule has 0 spiro atoms. The van der Waals surface area contributed by atoms with Gasteiger partial charge in [0.25, 0.3) is 17.1 Å². The fourth-order valence-electron chi connectivity index (χ4n) is 4.85. The average Bonchev–Trinajstić information content (AvgIpc) is 4.17. The lowest BCUT2D eigenvalue weighted by Gasteiger charge is -2.01. The van der Waals surface area contributed by atoms with E-state index in [9.17, 15) is 94.7 Å². The first-order chi connectivity index (χ1) is 34.0. The number of nitrogens with one attached hydrogen (secondary N) is 6. The number of thioether (sulfide) groups is 1. The predicted molar refractivity (Wildman–Crippen MR) is 240 cm³/mol. The third-order valence-corrected chi connectivity index (χ3v) is 11.8. The molecule has 9 heterocycles. The van der Waals surface area contributed by atoms with E-state index in [1.807, 2.05) is 15.6 Å². The molecule has 74 heavy (non-hydrogen) atoms. The first kappa shape index (κ1) is 63.6. The van der Waals surface area contributed by atoms with E-state index < -0.39 is 80.6 Å². The van der Waals surface area contributed by atoms with Gasteiger partial charge in [0.2, 0.25) is 23.6 Å². The number of ketones is 3. The second-order valence-corrected chi connectivity index (χ2v) is 18.9. The van der Waals surface area contributed by atoms with Crippen LogP contribution >= 0.6 is 11.8 Å². The highest BCUT2D eigenvalue weighted by atomic mass is 32.2. The number of cyclic esters (lactones) is 2. The highest BCUT2D eigenvalue weighted by Crippen LogP contribution is 2.17. The molecule has 5 unspecified atom stereocenters. The Bertz CT molecular complexity index is 2430. The Balaban J connectivity index is 0.000000416. The molecule has 0 radical (unpaired) electrons. The lowest BCUT2D eigenvalue weighted by molar-refractivity contribution is -0.172. The van der Waals surface area contributed by atoms with Crippen LogP contribution in [0, 0.1) is 0 Å². The molecule has 6 N–H and O–H groups in total. The molecule has 0 saturated carbocycles. The van der Waals surface area contributed by atoms with Crippen LogP contribution in [-0.2, 0) is 93.5 Å². The maximum atomic E-state index is 10.7. The summed E-state index contributed by atoms with van der Waals surface area (Å²) in [6.07, 6.45) is -1.73. The number of sulfone groups is 1. The van der Waals surface area contributed by atoms with Crippen LogP contribution in [0.3, 0.4) is 0 Å². The van der Waals surface area contributed by atoms with Crippen LogP contribution in [-0.4, -0.2) is 189 Å². The summed E-state index contributed by atoms with van der Waals surface area (Å²) in [5.74, 6) is -5.15. The fraction of sp³-hybridized carbons (Fsp3) is 0.526. The van der Waals surface area contributed by atoms with Gasteiger partial charge in [0.15, 0.2) is 39.4 Å². The van der Waals surface area contributed by atoms with Gasteiger partial charge in [-0.15, -0.1) is 0 Å². The topological polar surface area (TPSA) is 473 Å². The van der Waals surface area contributed by atoms with Crippen molar-refractivity contribution in [2.45, 2.75) is 89.2 Å². The second-order valence-electron chi connectivity index (χ2n) is 15.2. The Hall–Kier alpha value is -8.44. The zero-order valence-electron chi connectivity index (χ0n) is 40.5. The summed E-state index contributed by atoms with van der Waals surface area (Å²) in [7, 11) is 2.49. The quantitative estimate of drug-likeness (QED) is 0.0610. The molecule has 0 aliphatic carbocycles. The van der Waals surface area contributed by atoms with Gasteiger partial charge in [0, 0.05) is 21.1 Å². The Kier molecular flexibility index (Phi) is 24.5. The summed E-state index contributed by atoms with van der Waals surface area (Å²) in [5, 5.41) is 10.5. The SMILES string of the molecule is CC1NC(=O)CC1=O.CC1NC(=O)CS1(=O)=O.CC1OC(=O)CC1=O.CC1OC(=O)NC1=O.CC1SC(=O)NC1=O.CN1C(=O)NC(=O)C1=O.CN1CC(=O)CC1=O.CN1OC(=O)CC1=O.Cn1oc(=O)[nH]c1=O. The first-order valence-corrected chi connectivity index (χ1v) is 23.3. The number of nitrogens with zero attached hydrogens (tertiary/aromatic N) is 4. The molecule has 8 fully saturated rings.